The lowest BCUT2D eigenvalue weighted by Gasteiger charge is -1.81. The van der Waals surface area contributed by atoms with Crippen LogP contribution in [-0.4, -0.2) is 39.7 Å². The molecule has 0 unspecified atom stereocenters. The number of aliphatic carboxylic acids is 2. The van der Waals surface area contributed by atoms with Crippen molar-refractivity contribution in [1.29, 1.82) is 0 Å². The molecule has 4 N–H and O–H groups in total. The molecule has 6 heteroatoms. The second-order valence-electron chi connectivity index (χ2n) is 1.40. The maximum atomic E-state index is 9.77. The molecule has 0 rings (SSSR count). The molecule has 0 aromatic heterocycles. The third-order valence-corrected chi connectivity index (χ3v) is 0.610. The van der Waals surface area contributed by atoms with Gasteiger partial charge < -0.3 is 15.3 Å². The number of hydrogen-bond acceptors (Lipinski definition) is 2. The third-order valence-electron chi connectivity index (χ3n) is 0.610. The molecule has 0 aromatic carbocycles. The SMILES string of the molecule is O=C(O)C[NH+]=C(O)C(=O)O. The van der Waals surface area contributed by atoms with E-state index in [1.165, 1.54) is 0 Å². The van der Waals surface area contributed by atoms with Gasteiger partial charge in [-0.3, -0.25) is 0 Å². The smallest absolute Gasteiger partial charge is 0.446 e. The van der Waals surface area contributed by atoms with Gasteiger partial charge in [-0.2, -0.15) is 4.99 Å². The minimum absolute atomic E-state index is 0.613. The van der Waals surface area contributed by atoms with Gasteiger partial charge in [0.1, 0.15) is 0 Å². The minimum Gasteiger partial charge on any atom is -0.477 e. The molecule has 0 atom stereocenters. The summed E-state index contributed by atoms with van der Waals surface area (Å²) in [5, 5.41) is 24.2. The molecular formula is C4H6NO5+. The van der Waals surface area contributed by atoms with Crippen LogP contribution in [0.3, 0.4) is 0 Å². The topological polar surface area (TPSA) is 109 Å². The Morgan fingerprint density at radius 2 is 1.70 bits per heavy atom. The summed E-state index contributed by atoms with van der Waals surface area (Å²) in [5.41, 5.74) is 0. The molecular weight excluding hydrogens is 142 g/mol. The molecule has 0 amide bonds. The van der Waals surface area contributed by atoms with E-state index < -0.39 is 24.4 Å². The van der Waals surface area contributed by atoms with Crippen LogP contribution in [0.1, 0.15) is 0 Å². The average Bonchev–Trinajstić information content (AvgIpc) is 1.82. The van der Waals surface area contributed by atoms with Crippen LogP contribution in [0.2, 0.25) is 0 Å². The van der Waals surface area contributed by atoms with Crippen LogP contribution in [0.15, 0.2) is 0 Å². The number of rotatable bonds is 2. The van der Waals surface area contributed by atoms with Crippen LogP contribution < -0.4 is 4.99 Å². The molecule has 0 heterocycles. The van der Waals surface area contributed by atoms with Crippen molar-refractivity contribution in [3.05, 3.63) is 0 Å². The molecule has 0 aromatic rings. The monoisotopic (exact) mass is 148 g/mol. The third kappa shape index (κ3) is 3.42. The Morgan fingerprint density at radius 3 is 2.00 bits per heavy atom. The van der Waals surface area contributed by atoms with Crippen molar-refractivity contribution in [2.75, 3.05) is 6.54 Å². The fourth-order valence-corrected chi connectivity index (χ4v) is 0.235. The molecule has 0 aliphatic rings. The second-order valence-corrected chi connectivity index (χ2v) is 1.40. The van der Waals surface area contributed by atoms with Crippen molar-refractivity contribution >= 4 is 17.8 Å². The summed E-state index contributed by atoms with van der Waals surface area (Å²) < 4.78 is 0. The van der Waals surface area contributed by atoms with Crippen LogP contribution in [0.25, 0.3) is 0 Å². The molecule has 10 heavy (non-hydrogen) atoms. The molecule has 0 saturated heterocycles. The Kier molecular flexibility index (Phi) is 2.89. The molecule has 56 valence electrons. The molecule has 0 radical (unpaired) electrons. The Morgan fingerprint density at radius 1 is 1.20 bits per heavy atom. The summed E-state index contributed by atoms with van der Waals surface area (Å²) in [6, 6.07) is 0. The normalized spacial score (nSPS) is 11.0. The van der Waals surface area contributed by atoms with Crippen molar-refractivity contribution < 1.29 is 29.9 Å². The van der Waals surface area contributed by atoms with Crippen molar-refractivity contribution in [2.24, 2.45) is 0 Å². The summed E-state index contributed by atoms with van der Waals surface area (Å²) >= 11 is 0. The van der Waals surface area contributed by atoms with Gasteiger partial charge in [0.25, 0.3) is 0 Å². The number of carboxylic acids is 2. The molecule has 0 bridgehead atoms. The molecule has 0 saturated carbocycles. The van der Waals surface area contributed by atoms with Gasteiger partial charge in [-0.25, -0.2) is 9.59 Å². The zero-order valence-electron chi connectivity index (χ0n) is 4.87. The Balaban J connectivity index is 3.92. The van der Waals surface area contributed by atoms with E-state index in [2.05, 4.69) is 0 Å². The standard InChI is InChI=1S/C4H5NO5/c6-2(7)1-5-3(8)4(9)10/h1H2,(H,5,8)(H,6,7)(H,9,10)/p+1. The number of hydrogen-bond donors (Lipinski definition) is 4. The molecule has 0 aliphatic heterocycles. The zero-order valence-corrected chi connectivity index (χ0v) is 4.87. The molecule has 0 spiro atoms. The maximum absolute atomic E-state index is 9.77. The molecule has 6 nitrogen and oxygen atoms in total. The molecule has 0 fully saturated rings. The lowest BCUT2D eigenvalue weighted by atomic mass is 10.6. The molecule has 0 aliphatic carbocycles. The fourth-order valence-electron chi connectivity index (χ4n) is 0.235. The second kappa shape index (κ2) is 3.44. The number of nitrogens with one attached hydrogen (secondary N) is 1. The maximum Gasteiger partial charge on any atom is 0.446 e. The lowest BCUT2D eigenvalue weighted by Crippen LogP contribution is -2.76. The van der Waals surface area contributed by atoms with E-state index in [9.17, 15) is 9.59 Å². The van der Waals surface area contributed by atoms with E-state index in [4.69, 9.17) is 15.3 Å². The van der Waals surface area contributed by atoms with Gasteiger partial charge in [0.15, 0.2) is 0 Å². The van der Waals surface area contributed by atoms with Gasteiger partial charge >= 0.3 is 17.8 Å². The average molecular weight is 148 g/mol. The van der Waals surface area contributed by atoms with Gasteiger partial charge in [-0.1, -0.05) is 0 Å². The van der Waals surface area contributed by atoms with Gasteiger partial charge in [0, 0.05) is 0 Å². The Labute approximate surface area is 55.4 Å². The first-order valence-corrected chi connectivity index (χ1v) is 2.29. The van der Waals surface area contributed by atoms with Crippen LogP contribution >= 0.6 is 0 Å². The predicted octanol–water partition coefficient (Wildman–Crippen LogP) is -2.81. The van der Waals surface area contributed by atoms with E-state index in [-0.39, 0.29) is 0 Å². The van der Waals surface area contributed by atoms with Crippen LogP contribution in [0.5, 0.6) is 0 Å². The summed E-state index contributed by atoms with van der Waals surface area (Å²) in [6.45, 7) is -0.613. The van der Waals surface area contributed by atoms with Gasteiger partial charge in [0.2, 0.25) is 6.54 Å². The van der Waals surface area contributed by atoms with E-state index >= 15 is 0 Å². The largest absolute Gasteiger partial charge is 0.477 e. The van der Waals surface area contributed by atoms with Crippen LogP contribution in [-0.2, 0) is 9.59 Å². The van der Waals surface area contributed by atoms with Crippen molar-refractivity contribution in [1.82, 2.24) is 0 Å². The predicted molar refractivity (Wildman–Crippen MR) is 28.7 cm³/mol. The quantitative estimate of drug-likeness (QED) is 0.250. The highest BCUT2D eigenvalue weighted by Crippen LogP contribution is 1.54. The van der Waals surface area contributed by atoms with Crippen molar-refractivity contribution in [3.63, 3.8) is 0 Å². The highest BCUT2D eigenvalue weighted by Gasteiger charge is 2.13. The van der Waals surface area contributed by atoms with E-state index in [0.29, 0.717) is 0 Å². The van der Waals surface area contributed by atoms with Gasteiger partial charge in [-0.05, 0) is 0 Å². The zero-order chi connectivity index (χ0) is 8.15. The highest BCUT2D eigenvalue weighted by molar-refractivity contribution is 6.27. The van der Waals surface area contributed by atoms with Crippen molar-refractivity contribution in [3.8, 4) is 0 Å². The van der Waals surface area contributed by atoms with E-state index in [1.54, 1.807) is 4.99 Å². The first-order chi connectivity index (χ1) is 4.54. The van der Waals surface area contributed by atoms with Gasteiger partial charge in [0.05, 0.1) is 0 Å². The summed E-state index contributed by atoms with van der Waals surface area (Å²) in [5.74, 6) is -3.89. The lowest BCUT2D eigenvalue weighted by molar-refractivity contribution is -0.455. The summed E-state index contributed by atoms with van der Waals surface area (Å²) in [4.78, 5) is 21.3. The highest BCUT2D eigenvalue weighted by atomic mass is 16.4. The minimum atomic E-state index is -1.58. The van der Waals surface area contributed by atoms with E-state index in [0.717, 1.165) is 0 Å². The van der Waals surface area contributed by atoms with Crippen molar-refractivity contribution in [2.45, 2.75) is 0 Å². The number of aliphatic hydroxyl groups excluding tert-OH is 1. The Hall–Kier alpha value is -1.59. The number of aliphatic hydroxyl groups is 1. The summed E-state index contributed by atoms with van der Waals surface area (Å²) in [7, 11) is 0. The first kappa shape index (κ1) is 8.41. The number of carbonyl (C=O) groups is 2. The van der Waals surface area contributed by atoms with E-state index in [1.807, 2.05) is 0 Å². The van der Waals surface area contributed by atoms with Crippen LogP contribution in [0, 0.1) is 0 Å². The fraction of sp³-hybridized carbons (Fsp3) is 0.250. The summed E-state index contributed by atoms with van der Waals surface area (Å²) in [6.07, 6.45) is 0. The van der Waals surface area contributed by atoms with Crippen LogP contribution in [0.4, 0.5) is 0 Å². The number of carboxylic acid groups (broad SMARTS) is 2. The Bertz CT molecular complexity index is 184. The van der Waals surface area contributed by atoms with Gasteiger partial charge in [-0.15, -0.1) is 0 Å². The first-order valence-electron chi connectivity index (χ1n) is 2.29.